The minimum Gasteiger partial charge on any atom is -0.439 e. The van der Waals surface area contributed by atoms with Gasteiger partial charge in [0.15, 0.2) is 5.58 Å². The van der Waals surface area contributed by atoms with Crippen LogP contribution < -0.4 is 0 Å². The van der Waals surface area contributed by atoms with Crippen molar-refractivity contribution in [3.05, 3.63) is 48.1 Å². The van der Waals surface area contributed by atoms with Gasteiger partial charge >= 0.3 is 0 Å². The monoisotopic (exact) mass is 282 g/mol. The van der Waals surface area contributed by atoms with Crippen LogP contribution in [0.5, 0.6) is 0 Å². The van der Waals surface area contributed by atoms with E-state index in [1.165, 1.54) is 18.4 Å². The van der Waals surface area contributed by atoms with Gasteiger partial charge in [0.2, 0.25) is 5.89 Å². The molecular weight excluding hydrogens is 264 g/mol. The Morgan fingerprint density at radius 3 is 3.05 bits per heavy atom. The number of rotatable bonds is 3. The SMILES string of the molecule is Cn1cc([C@@H]2CCCN2Cc2nc3ccccc3o2)cn1. The molecule has 3 aromatic rings. The summed E-state index contributed by atoms with van der Waals surface area (Å²) in [5, 5.41) is 4.29. The molecule has 0 aliphatic carbocycles. The van der Waals surface area contributed by atoms with E-state index in [1.807, 2.05) is 42.2 Å². The summed E-state index contributed by atoms with van der Waals surface area (Å²) in [5.74, 6) is 0.798. The highest BCUT2D eigenvalue weighted by Crippen LogP contribution is 2.33. The number of hydrogen-bond acceptors (Lipinski definition) is 4. The minimum absolute atomic E-state index is 0.425. The first-order chi connectivity index (χ1) is 10.3. The maximum atomic E-state index is 5.85. The van der Waals surface area contributed by atoms with E-state index < -0.39 is 0 Å². The van der Waals surface area contributed by atoms with E-state index in [-0.39, 0.29) is 0 Å². The van der Waals surface area contributed by atoms with Gasteiger partial charge in [0.1, 0.15) is 5.52 Å². The Labute approximate surface area is 123 Å². The number of aromatic nitrogens is 3. The second-order valence-electron chi connectivity index (χ2n) is 5.65. The molecule has 0 N–H and O–H groups in total. The summed E-state index contributed by atoms with van der Waals surface area (Å²) >= 11 is 0. The number of para-hydroxylation sites is 2. The van der Waals surface area contributed by atoms with Crippen LogP contribution in [0.4, 0.5) is 0 Å². The number of nitrogens with zero attached hydrogens (tertiary/aromatic N) is 4. The zero-order valence-corrected chi connectivity index (χ0v) is 12.1. The summed E-state index contributed by atoms with van der Waals surface area (Å²) in [6, 6.07) is 8.35. The Bertz CT molecular complexity index is 727. The molecule has 5 nitrogen and oxygen atoms in total. The van der Waals surface area contributed by atoms with Crippen LogP contribution in [-0.4, -0.2) is 26.2 Å². The number of hydrogen-bond donors (Lipinski definition) is 0. The largest absolute Gasteiger partial charge is 0.439 e. The average Bonchev–Trinajstić information content (AvgIpc) is 3.17. The number of oxazole rings is 1. The molecule has 0 radical (unpaired) electrons. The van der Waals surface area contributed by atoms with Crippen LogP contribution in [0.2, 0.25) is 0 Å². The van der Waals surface area contributed by atoms with Crippen LogP contribution in [0, 0.1) is 0 Å². The van der Waals surface area contributed by atoms with E-state index >= 15 is 0 Å². The predicted octanol–water partition coefficient (Wildman–Crippen LogP) is 2.90. The normalized spacial score (nSPS) is 19.6. The van der Waals surface area contributed by atoms with E-state index in [1.54, 1.807) is 0 Å². The first-order valence-corrected chi connectivity index (χ1v) is 7.36. The maximum Gasteiger partial charge on any atom is 0.209 e. The van der Waals surface area contributed by atoms with Gasteiger partial charge in [0.05, 0.1) is 12.7 Å². The molecule has 108 valence electrons. The Hall–Kier alpha value is -2.14. The maximum absolute atomic E-state index is 5.85. The van der Waals surface area contributed by atoms with Crippen LogP contribution >= 0.6 is 0 Å². The van der Waals surface area contributed by atoms with E-state index in [2.05, 4.69) is 21.2 Å². The highest BCUT2D eigenvalue weighted by Gasteiger charge is 2.28. The molecule has 0 saturated carbocycles. The van der Waals surface area contributed by atoms with Gasteiger partial charge in [-0.2, -0.15) is 5.10 Å². The highest BCUT2D eigenvalue weighted by molar-refractivity contribution is 5.72. The van der Waals surface area contributed by atoms with Gasteiger partial charge in [0.25, 0.3) is 0 Å². The van der Waals surface area contributed by atoms with Crippen molar-refractivity contribution in [1.82, 2.24) is 19.7 Å². The lowest BCUT2D eigenvalue weighted by molar-refractivity contribution is 0.225. The van der Waals surface area contributed by atoms with Gasteiger partial charge in [-0.15, -0.1) is 0 Å². The average molecular weight is 282 g/mol. The summed E-state index contributed by atoms with van der Waals surface area (Å²) < 4.78 is 7.71. The van der Waals surface area contributed by atoms with Gasteiger partial charge in [-0.05, 0) is 31.5 Å². The third-order valence-corrected chi connectivity index (χ3v) is 4.15. The molecule has 1 saturated heterocycles. The fraction of sp³-hybridized carbons (Fsp3) is 0.375. The predicted molar refractivity (Wildman–Crippen MR) is 79.6 cm³/mol. The molecule has 4 rings (SSSR count). The smallest absolute Gasteiger partial charge is 0.209 e. The molecule has 1 aliphatic heterocycles. The van der Waals surface area contributed by atoms with Crippen molar-refractivity contribution in [2.75, 3.05) is 6.54 Å². The highest BCUT2D eigenvalue weighted by atomic mass is 16.3. The van der Waals surface area contributed by atoms with Gasteiger partial charge in [0, 0.05) is 24.8 Å². The first kappa shape index (κ1) is 12.6. The molecule has 5 heteroatoms. The zero-order valence-electron chi connectivity index (χ0n) is 12.1. The molecular formula is C16H18N4O. The fourth-order valence-corrected chi connectivity index (χ4v) is 3.17. The minimum atomic E-state index is 0.425. The standard InChI is InChI=1S/C16H18N4O/c1-19-10-12(9-17-19)14-6-4-8-20(14)11-16-18-13-5-2-3-7-15(13)21-16/h2-3,5,7,9-10,14H,4,6,8,11H2,1H3/t14-/m0/s1. The lowest BCUT2D eigenvalue weighted by Gasteiger charge is -2.21. The van der Waals surface area contributed by atoms with E-state index in [4.69, 9.17) is 4.42 Å². The van der Waals surface area contributed by atoms with Crippen molar-refractivity contribution in [1.29, 1.82) is 0 Å². The lowest BCUT2D eigenvalue weighted by atomic mass is 10.1. The Kier molecular flexibility index (Phi) is 3.00. The molecule has 3 heterocycles. The molecule has 2 aromatic heterocycles. The van der Waals surface area contributed by atoms with Gasteiger partial charge in [-0.3, -0.25) is 9.58 Å². The van der Waals surface area contributed by atoms with Crippen molar-refractivity contribution in [2.24, 2.45) is 7.05 Å². The van der Waals surface area contributed by atoms with Crippen LogP contribution in [0.25, 0.3) is 11.1 Å². The van der Waals surface area contributed by atoms with Crippen LogP contribution in [0.1, 0.15) is 30.3 Å². The lowest BCUT2D eigenvalue weighted by Crippen LogP contribution is -2.22. The third kappa shape index (κ3) is 2.34. The summed E-state index contributed by atoms with van der Waals surface area (Å²) in [6.07, 6.45) is 6.45. The molecule has 1 aromatic carbocycles. The molecule has 0 bridgehead atoms. The van der Waals surface area contributed by atoms with Crippen LogP contribution in [0.3, 0.4) is 0 Å². The summed E-state index contributed by atoms with van der Waals surface area (Å²) in [7, 11) is 1.96. The Morgan fingerprint density at radius 2 is 2.24 bits per heavy atom. The Balaban J connectivity index is 1.57. The summed E-state index contributed by atoms with van der Waals surface area (Å²) in [6.45, 7) is 1.84. The zero-order chi connectivity index (χ0) is 14.2. The van der Waals surface area contributed by atoms with Gasteiger partial charge in [-0.1, -0.05) is 12.1 Å². The van der Waals surface area contributed by atoms with Crippen molar-refractivity contribution >= 4 is 11.1 Å². The van der Waals surface area contributed by atoms with Crippen molar-refractivity contribution in [3.63, 3.8) is 0 Å². The molecule has 1 aliphatic rings. The molecule has 21 heavy (non-hydrogen) atoms. The van der Waals surface area contributed by atoms with Gasteiger partial charge in [-0.25, -0.2) is 4.98 Å². The van der Waals surface area contributed by atoms with Gasteiger partial charge < -0.3 is 4.42 Å². The second-order valence-corrected chi connectivity index (χ2v) is 5.65. The van der Waals surface area contributed by atoms with E-state index in [0.717, 1.165) is 30.1 Å². The van der Waals surface area contributed by atoms with E-state index in [9.17, 15) is 0 Å². The second kappa shape index (κ2) is 5.00. The number of fused-ring (bicyclic) bond motifs is 1. The van der Waals surface area contributed by atoms with Crippen molar-refractivity contribution < 1.29 is 4.42 Å². The fourth-order valence-electron chi connectivity index (χ4n) is 3.17. The molecule has 0 unspecified atom stereocenters. The third-order valence-electron chi connectivity index (χ3n) is 4.15. The number of aryl methyl sites for hydroxylation is 1. The molecule has 1 fully saturated rings. The summed E-state index contributed by atoms with van der Waals surface area (Å²) in [5.41, 5.74) is 3.08. The van der Waals surface area contributed by atoms with Crippen LogP contribution in [0.15, 0.2) is 41.1 Å². The van der Waals surface area contributed by atoms with Crippen LogP contribution in [-0.2, 0) is 13.6 Å². The van der Waals surface area contributed by atoms with Crippen molar-refractivity contribution in [3.8, 4) is 0 Å². The number of benzene rings is 1. The van der Waals surface area contributed by atoms with Crippen molar-refractivity contribution in [2.45, 2.75) is 25.4 Å². The summed E-state index contributed by atoms with van der Waals surface area (Å²) in [4.78, 5) is 7.01. The Morgan fingerprint density at radius 1 is 1.33 bits per heavy atom. The molecule has 0 amide bonds. The van der Waals surface area contributed by atoms with E-state index in [0.29, 0.717) is 6.04 Å². The first-order valence-electron chi connectivity index (χ1n) is 7.36. The number of likely N-dealkylation sites (tertiary alicyclic amines) is 1. The molecule has 0 spiro atoms. The molecule has 1 atom stereocenters. The quantitative estimate of drug-likeness (QED) is 0.741. The topological polar surface area (TPSA) is 47.1 Å².